The summed E-state index contributed by atoms with van der Waals surface area (Å²) in [7, 11) is 0. The summed E-state index contributed by atoms with van der Waals surface area (Å²) in [4.78, 5) is 12.0. The van der Waals surface area contributed by atoms with Gasteiger partial charge < -0.3 is 10.2 Å². The van der Waals surface area contributed by atoms with Crippen molar-refractivity contribution >= 4 is 5.78 Å². The van der Waals surface area contributed by atoms with Gasteiger partial charge in [-0.05, 0) is 19.1 Å². The number of Topliss-reactive ketones (excluding diaryl/α,β-unsaturated/α-hetero) is 1. The Kier molecular flexibility index (Phi) is 3.32. The normalized spacial score (nSPS) is 23.4. The van der Waals surface area contributed by atoms with Crippen LogP contribution in [0.5, 0.6) is 0 Å². The Morgan fingerprint density at radius 3 is 2.45 bits per heavy atom. The largest absolute Gasteiger partial charge is 0.416 e. The van der Waals surface area contributed by atoms with Crippen LogP contribution in [0.3, 0.4) is 0 Å². The highest BCUT2D eigenvalue weighted by atomic mass is 19.4. The monoisotopic (exact) mass is 285 g/mol. The van der Waals surface area contributed by atoms with Crippen molar-refractivity contribution in [1.82, 2.24) is 0 Å². The van der Waals surface area contributed by atoms with Crippen molar-refractivity contribution in [3.63, 3.8) is 0 Å². The van der Waals surface area contributed by atoms with E-state index in [2.05, 4.69) is 0 Å². The lowest BCUT2D eigenvalue weighted by Crippen LogP contribution is -2.26. The molecule has 1 aliphatic carbocycles. The fraction of sp³-hybridized carbons (Fsp3) is 0.385. The Hall–Kier alpha value is -1.91. The second-order valence-corrected chi connectivity index (χ2v) is 4.67. The number of benzene rings is 1. The number of nitriles is 1. The number of carbonyl (C=O) groups excluding carboxylic acids is 1. The number of halogens is 3. The minimum absolute atomic E-state index is 0.317. The zero-order valence-electron chi connectivity index (χ0n) is 10.3. The van der Waals surface area contributed by atoms with Gasteiger partial charge in [-0.15, -0.1) is 0 Å². The fourth-order valence-corrected chi connectivity index (χ4v) is 2.46. The number of alkyl halides is 3. The third kappa shape index (κ3) is 2.07. The first-order valence-electron chi connectivity index (χ1n) is 5.74. The van der Waals surface area contributed by atoms with Crippen LogP contribution in [-0.4, -0.2) is 22.1 Å². The van der Waals surface area contributed by atoms with Crippen LogP contribution in [0.25, 0.3) is 0 Å². The molecule has 2 rings (SSSR count). The third-order valence-electron chi connectivity index (χ3n) is 3.34. The van der Waals surface area contributed by atoms with E-state index in [1.165, 1.54) is 6.92 Å². The maximum atomic E-state index is 13.0. The van der Waals surface area contributed by atoms with Gasteiger partial charge in [0.1, 0.15) is 0 Å². The minimum Gasteiger partial charge on any atom is -0.393 e. The van der Waals surface area contributed by atoms with Crippen molar-refractivity contribution in [2.75, 3.05) is 0 Å². The van der Waals surface area contributed by atoms with Gasteiger partial charge in [-0.1, -0.05) is 0 Å². The molecule has 0 heterocycles. The molecule has 1 aromatic carbocycles. The van der Waals surface area contributed by atoms with E-state index < -0.39 is 41.2 Å². The highest BCUT2D eigenvalue weighted by molar-refractivity contribution is 6.04. The Morgan fingerprint density at radius 1 is 1.40 bits per heavy atom. The molecule has 0 aromatic heterocycles. The van der Waals surface area contributed by atoms with Gasteiger partial charge in [0.15, 0.2) is 5.78 Å². The summed E-state index contributed by atoms with van der Waals surface area (Å²) in [5.41, 5.74) is -2.44. The second kappa shape index (κ2) is 4.58. The Labute approximate surface area is 112 Å². The summed E-state index contributed by atoms with van der Waals surface area (Å²) in [6, 6.07) is 3.16. The summed E-state index contributed by atoms with van der Waals surface area (Å²) in [6.07, 6.45) is -7.83. The number of carbonyl (C=O) groups is 1. The summed E-state index contributed by atoms with van der Waals surface area (Å²) in [5, 5.41) is 28.1. The first-order chi connectivity index (χ1) is 9.18. The molecule has 3 unspecified atom stereocenters. The van der Waals surface area contributed by atoms with E-state index in [1.807, 2.05) is 0 Å². The van der Waals surface area contributed by atoms with Crippen molar-refractivity contribution in [2.24, 2.45) is 5.92 Å². The number of hydrogen-bond acceptors (Lipinski definition) is 4. The van der Waals surface area contributed by atoms with E-state index >= 15 is 0 Å². The maximum Gasteiger partial charge on any atom is 0.416 e. The molecule has 0 fully saturated rings. The van der Waals surface area contributed by atoms with Gasteiger partial charge in [-0.3, -0.25) is 4.79 Å². The molecule has 4 nitrogen and oxygen atoms in total. The molecule has 2 N–H and O–H groups in total. The smallest absolute Gasteiger partial charge is 0.393 e. The Morgan fingerprint density at radius 2 is 2.00 bits per heavy atom. The summed E-state index contributed by atoms with van der Waals surface area (Å²) in [5.74, 6) is -2.13. The molecule has 7 heteroatoms. The number of hydrogen-bond donors (Lipinski definition) is 2. The van der Waals surface area contributed by atoms with E-state index in [-0.39, 0.29) is 11.1 Å². The molecule has 1 aromatic rings. The number of fused-ring (bicyclic) bond motifs is 1. The summed E-state index contributed by atoms with van der Waals surface area (Å²) < 4.78 is 39.0. The van der Waals surface area contributed by atoms with Gasteiger partial charge >= 0.3 is 6.18 Å². The van der Waals surface area contributed by atoms with Gasteiger partial charge in [0.05, 0.1) is 35.3 Å². The van der Waals surface area contributed by atoms with Crippen molar-refractivity contribution in [3.8, 4) is 6.07 Å². The molecule has 0 saturated carbocycles. The van der Waals surface area contributed by atoms with Gasteiger partial charge in [0, 0.05) is 11.1 Å². The van der Waals surface area contributed by atoms with Crippen LogP contribution in [0.15, 0.2) is 12.1 Å². The van der Waals surface area contributed by atoms with Crippen LogP contribution in [-0.2, 0) is 6.18 Å². The minimum atomic E-state index is -4.80. The average molecular weight is 285 g/mol. The van der Waals surface area contributed by atoms with Crippen molar-refractivity contribution in [2.45, 2.75) is 25.3 Å². The summed E-state index contributed by atoms with van der Waals surface area (Å²) in [6.45, 7) is 1.22. The van der Waals surface area contributed by atoms with Gasteiger partial charge in [0.25, 0.3) is 0 Å². The van der Waals surface area contributed by atoms with E-state index in [1.54, 1.807) is 6.07 Å². The molecule has 0 radical (unpaired) electrons. The number of aliphatic hydroxyl groups is 2. The van der Waals surface area contributed by atoms with Crippen molar-refractivity contribution < 1.29 is 28.2 Å². The molecule has 0 amide bonds. The lowest BCUT2D eigenvalue weighted by atomic mass is 9.95. The lowest BCUT2D eigenvalue weighted by molar-refractivity contribution is -0.139. The van der Waals surface area contributed by atoms with Crippen LogP contribution in [0, 0.1) is 17.2 Å². The topological polar surface area (TPSA) is 81.3 Å². The zero-order chi connectivity index (χ0) is 15.2. The summed E-state index contributed by atoms with van der Waals surface area (Å²) >= 11 is 0. The molecule has 3 atom stereocenters. The van der Waals surface area contributed by atoms with E-state index in [0.717, 1.165) is 6.07 Å². The second-order valence-electron chi connectivity index (χ2n) is 4.67. The van der Waals surface area contributed by atoms with Gasteiger partial charge in [0.2, 0.25) is 0 Å². The fourth-order valence-electron chi connectivity index (χ4n) is 2.46. The molecule has 0 aliphatic heterocycles. The quantitative estimate of drug-likeness (QED) is 0.824. The molecule has 106 valence electrons. The molecule has 0 bridgehead atoms. The maximum absolute atomic E-state index is 13.0. The number of rotatable bonds is 1. The van der Waals surface area contributed by atoms with Gasteiger partial charge in [-0.25, -0.2) is 0 Å². The van der Waals surface area contributed by atoms with E-state index in [0.29, 0.717) is 6.07 Å². The highest BCUT2D eigenvalue weighted by Gasteiger charge is 2.47. The standard InChI is InChI=1S/C13H10F3NO3/c1-5(18)9-11(19)7-2-6(4-17)3-8(13(14,15)16)10(7)12(9)20/h2-3,5,9,12,18,20H,1H3. The van der Waals surface area contributed by atoms with Crippen LogP contribution in [0.2, 0.25) is 0 Å². The Balaban J connectivity index is 2.74. The predicted octanol–water partition coefficient (Wildman–Crippen LogP) is 1.80. The highest BCUT2D eigenvalue weighted by Crippen LogP contribution is 2.45. The van der Waals surface area contributed by atoms with Crippen LogP contribution < -0.4 is 0 Å². The molecular weight excluding hydrogens is 275 g/mol. The van der Waals surface area contributed by atoms with Crippen molar-refractivity contribution in [3.05, 3.63) is 34.4 Å². The van der Waals surface area contributed by atoms with Crippen molar-refractivity contribution in [1.29, 1.82) is 5.26 Å². The van der Waals surface area contributed by atoms with E-state index in [9.17, 15) is 28.2 Å². The SMILES string of the molecule is CC(O)C1C(=O)c2cc(C#N)cc(C(F)(F)F)c2C1O. The van der Waals surface area contributed by atoms with Crippen LogP contribution in [0.4, 0.5) is 13.2 Å². The lowest BCUT2D eigenvalue weighted by Gasteiger charge is -2.18. The molecule has 0 saturated heterocycles. The first kappa shape index (κ1) is 14.5. The number of nitrogens with zero attached hydrogens (tertiary/aromatic N) is 1. The first-order valence-corrected chi connectivity index (χ1v) is 5.74. The molecular formula is C13H10F3NO3. The molecule has 0 spiro atoms. The van der Waals surface area contributed by atoms with Crippen LogP contribution >= 0.6 is 0 Å². The predicted molar refractivity (Wildman–Crippen MR) is 60.6 cm³/mol. The zero-order valence-corrected chi connectivity index (χ0v) is 10.3. The van der Waals surface area contributed by atoms with Gasteiger partial charge in [-0.2, -0.15) is 18.4 Å². The average Bonchev–Trinajstić information content (AvgIpc) is 2.59. The Bertz CT molecular complexity index is 617. The number of aliphatic hydroxyl groups excluding tert-OH is 2. The van der Waals surface area contributed by atoms with Crippen LogP contribution in [0.1, 0.15) is 40.1 Å². The number of ketones is 1. The third-order valence-corrected chi connectivity index (χ3v) is 3.34. The molecule has 20 heavy (non-hydrogen) atoms. The van der Waals surface area contributed by atoms with E-state index in [4.69, 9.17) is 5.26 Å². The molecule has 1 aliphatic rings.